The molecule has 1 aliphatic heterocycles. The van der Waals surface area contributed by atoms with Crippen LogP contribution in [0.25, 0.3) is 0 Å². The van der Waals surface area contributed by atoms with Crippen LogP contribution < -0.4 is 5.73 Å². The average Bonchev–Trinajstić information content (AvgIpc) is 3.04. The molecule has 2 atom stereocenters. The van der Waals surface area contributed by atoms with Crippen LogP contribution in [0.5, 0.6) is 0 Å². The molecule has 0 bridgehead atoms. The summed E-state index contributed by atoms with van der Waals surface area (Å²) >= 11 is 1.23. The number of amides is 2. The maximum atomic E-state index is 14.3. The normalized spacial score (nSPS) is 20.0. The Morgan fingerprint density at radius 3 is 2.69 bits per heavy atom. The third-order valence-corrected chi connectivity index (χ3v) is 5.60. The van der Waals surface area contributed by atoms with Gasteiger partial charge in [-0.3, -0.25) is 0 Å². The fourth-order valence-electron chi connectivity index (χ4n) is 3.31. The molecule has 26 heavy (non-hydrogen) atoms. The second-order valence-electron chi connectivity index (χ2n) is 6.35. The Labute approximate surface area is 153 Å². The molecule has 2 amide bonds. The van der Waals surface area contributed by atoms with Gasteiger partial charge in [0.2, 0.25) is 0 Å². The van der Waals surface area contributed by atoms with E-state index in [0.29, 0.717) is 25.3 Å². The number of urea groups is 1. The minimum Gasteiger partial charge on any atom is -0.351 e. The van der Waals surface area contributed by atoms with Gasteiger partial charge in [-0.1, -0.05) is 0 Å². The van der Waals surface area contributed by atoms with Crippen molar-refractivity contribution in [2.75, 3.05) is 13.1 Å². The molecule has 1 aromatic heterocycles. The summed E-state index contributed by atoms with van der Waals surface area (Å²) in [5, 5.41) is 9.56. The van der Waals surface area contributed by atoms with Crippen molar-refractivity contribution in [1.82, 2.24) is 14.3 Å². The predicted octanol–water partition coefficient (Wildman–Crippen LogP) is 2.72. The van der Waals surface area contributed by atoms with Gasteiger partial charge in [-0.2, -0.15) is 9.64 Å². The smallest absolute Gasteiger partial charge is 0.314 e. The summed E-state index contributed by atoms with van der Waals surface area (Å²) in [7, 11) is 0. The molecule has 3 rings (SSSR count). The Morgan fingerprint density at radius 2 is 2.15 bits per heavy atom. The molecular formula is C17H17F2N5OS. The lowest BCUT2D eigenvalue weighted by Crippen LogP contribution is -2.45. The molecule has 1 fully saturated rings. The summed E-state index contributed by atoms with van der Waals surface area (Å²) in [4.78, 5) is 17.5. The fourth-order valence-corrected chi connectivity index (χ4v) is 4.16. The van der Waals surface area contributed by atoms with E-state index in [1.807, 2.05) is 0 Å². The van der Waals surface area contributed by atoms with Crippen molar-refractivity contribution in [1.29, 1.82) is 5.26 Å². The quantitative estimate of drug-likeness (QED) is 0.889. The van der Waals surface area contributed by atoms with Crippen LogP contribution in [0.4, 0.5) is 13.6 Å². The molecule has 2 aromatic rings. The van der Waals surface area contributed by atoms with Crippen LogP contribution in [0, 0.1) is 35.8 Å². The fraction of sp³-hybridized carbons (Fsp3) is 0.412. The molecule has 1 saturated heterocycles. The first-order valence-corrected chi connectivity index (χ1v) is 8.89. The maximum absolute atomic E-state index is 14.3. The molecule has 1 aromatic carbocycles. The third-order valence-electron chi connectivity index (χ3n) is 4.66. The molecule has 136 valence electrons. The third kappa shape index (κ3) is 3.65. The minimum atomic E-state index is -0.730. The number of likely N-dealkylation sites (tertiary alicyclic amines) is 1. The Bertz CT molecular complexity index is 855. The highest BCUT2D eigenvalue weighted by atomic mass is 32.1. The molecule has 1 aliphatic rings. The molecular weight excluding hydrogens is 360 g/mol. The molecule has 2 unspecified atom stereocenters. The number of hydrogen-bond acceptors (Lipinski definition) is 5. The highest BCUT2D eigenvalue weighted by Crippen LogP contribution is 2.36. The molecule has 0 aliphatic carbocycles. The van der Waals surface area contributed by atoms with E-state index in [0.717, 1.165) is 17.1 Å². The second-order valence-corrected chi connectivity index (χ2v) is 7.14. The summed E-state index contributed by atoms with van der Waals surface area (Å²) in [6, 6.07) is 3.30. The van der Waals surface area contributed by atoms with Crippen molar-refractivity contribution >= 4 is 17.6 Å². The lowest BCUT2D eigenvalue weighted by molar-refractivity contribution is 0.163. The van der Waals surface area contributed by atoms with Gasteiger partial charge in [-0.25, -0.2) is 18.6 Å². The van der Waals surface area contributed by atoms with Gasteiger partial charge in [0, 0.05) is 24.6 Å². The van der Waals surface area contributed by atoms with Crippen LogP contribution in [0.2, 0.25) is 0 Å². The zero-order valence-corrected chi connectivity index (χ0v) is 14.9. The number of rotatable bonds is 3. The zero-order valence-electron chi connectivity index (χ0n) is 14.1. The summed E-state index contributed by atoms with van der Waals surface area (Å²) in [5.74, 6) is -1.15. The van der Waals surface area contributed by atoms with Crippen molar-refractivity contribution in [3.8, 4) is 6.07 Å². The summed E-state index contributed by atoms with van der Waals surface area (Å²) in [5.41, 5.74) is 5.29. The van der Waals surface area contributed by atoms with Gasteiger partial charge in [0.1, 0.15) is 22.5 Å². The van der Waals surface area contributed by atoms with Crippen molar-refractivity contribution < 1.29 is 13.6 Å². The number of halogens is 2. The predicted molar refractivity (Wildman–Crippen MR) is 91.4 cm³/mol. The van der Waals surface area contributed by atoms with Crippen LogP contribution >= 0.6 is 11.5 Å². The Morgan fingerprint density at radius 1 is 1.46 bits per heavy atom. The van der Waals surface area contributed by atoms with Crippen molar-refractivity contribution in [2.45, 2.75) is 25.7 Å². The van der Waals surface area contributed by atoms with Crippen LogP contribution in [-0.2, 0) is 6.42 Å². The van der Waals surface area contributed by atoms with E-state index in [1.165, 1.54) is 16.4 Å². The molecule has 9 heteroatoms. The number of nitriles is 1. The van der Waals surface area contributed by atoms with Crippen LogP contribution in [-0.4, -0.2) is 33.4 Å². The van der Waals surface area contributed by atoms with Crippen molar-refractivity contribution in [3.63, 3.8) is 0 Å². The maximum Gasteiger partial charge on any atom is 0.314 e. The van der Waals surface area contributed by atoms with Crippen molar-refractivity contribution in [3.05, 3.63) is 45.7 Å². The van der Waals surface area contributed by atoms with E-state index < -0.39 is 17.7 Å². The molecule has 2 heterocycles. The monoisotopic (exact) mass is 377 g/mol. The van der Waals surface area contributed by atoms with E-state index in [4.69, 9.17) is 11.0 Å². The average molecular weight is 377 g/mol. The van der Waals surface area contributed by atoms with Gasteiger partial charge in [0.15, 0.2) is 0 Å². The van der Waals surface area contributed by atoms with Gasteiger partial charge in [-0.15, -0.1) is 0 Å². The first kappa shape index (κ1) is 18.2. The van der Waals surface area contributed by atoms with Crippen LogP contribution in [0.3, 0.4) is 0 Å². The van der Waals surface area contributed by atoms with E-state index in [1.54, 1.807) is 13.0 Å². The number of hydrogen-bond donors (Lipinski definition) is 1. The summed E-state index contributed by atoms with van der Waals surface area (Å²) in [6.45, 7) is 2.53. The molecule has 0 saturated carbocycles. The van der Waals surface area contributed by atoms with Gasteiger partial charge < -0.3 is 10.6 Å². The standard InChI is InChI=1S/C17H17F2N5OS/c1-9-22-16(26-23-9)13-8-24(17(21)25)3-2-11(13)6-12-14(18)4-10(7-20)5-15(12)19/h4-5,11,13H,2-3,6,8H2,1H3,(H2,21,25). The van der Waals surface area contributed by atoms with Crippen molar-refractivity contribution in [2.24, 2.45) is 11.7 Å². The van der Waals surface area contributed by atoms with Crippen LogP contribution in [0.15, 0.2) is 12.1 Å². The lowest BCUT2D eigenvalue weighted by Gasteiger charge is -2.37. The number of primary amides is 1. The summed E-state index contributed by atoms with van der Waals surface area (Å²) in [6.07, 6.45) is 0.699. The zero-order chi connectivity index (χ0) is 18.8. The molecule has 2 N–H and O–H groups in total. The largest absolute Gasteiger partial charge is 0.351 e. The molecule has 0 spiro atoms. The van der Waals surface area contributed by atoms with E-state index >= 15 is 0 Å². The van der Waals surface area contributed by atoms with Gasteiger partial charge >= 0.3 is 6.03 Å². The number of piperidine rings is 1. The number of carbonyl (C=O) groups excluding carboxylic acids is 1. The minimum absolute atomic E-state index is 0.0484. The van der Waals surface area contributed by atoms with E-state index in [9.17, 15) is 13.6 Å². The van der Waals surface area contributed by atoms with Gasteiger partial charge in [-0.05, 0) is 49.3 Å². The second kappa shape index (κ2) is 7.33. The van der Waals surface area contributed by atoms with E-state index in [-0.39, 0.29) is 29.4 Å². The Hall–Kier alpha value is -2.60. The number of aryl methyl sites for hydroxylation is 1. The number of aromatic nitrogens is 2. The SMILES string of the molecule is Cc1nsc(C2CN(C(N)=O)CCC2Cc2c(F)cc(C#N)cc2F)n1. The number of benzene rings is 1. The van der Waals surface area contributed by atoms with Gasteiger partial charge in [0.25, 0.3) is 0 Å². The first-order valence-electron chi connectivity index (χ1n) is 8.11. The summed E-state index contributed by atoms with van der Waals surface area (Å²) < 4.78 is 32.8. The Kier molecular flexibility index (Phi) is 5.13. The lowest BCUT2D eigenvalue weighted by atomic mass is 9.81. The van der Waals surface area contributed by atoms with E-state index in [2.05, 4.69) is 9.36 Å². The van der Waals surface area contributed by atoms with Gasteiger partial charge in [0.05, 0.1) is 11.6 Å². The van der Waals surface area contributed by atoms with Crippen LogP contribution in [0.1, 0.15) is 34.3 Å². The number of carbonyl (C=O) groups is 1. The topological polar surface area (TPSA) is 95.9 Å². The highest BCUT2D eigenvalue weighted by molar-refractivity contribution is 7.05. The molecule has 0 radical (unpaired) electrons. The number of nitrogens with two attached hydrogens (primary N) is 1. The Balaban J connectivity index is 1.90. The number of nitrogens with zero attached hydrogens (tertiary/aromatic N) is 4. The first-order chi connectivity index (χ1) is 12.4. The molecule has 6 nitrogen and oxygen atoms in total. The highest BCUT2D eigenvalue weighted by Gasteiger charge is 2.35.